The van der Waals surface area contributed by atoms with Crippen molar-refractivity contribution in [2.45, 2.75) is 19.4 Å². The number of rotatable bonds is 6. The van der Waals surface area contributed by atoms with E-state index in [0.29, 0.717) is 30.2 Å². The second-order valence-electron chi connectivity index (χ2n) is 4.07. The lowest BCUT2D eigenvalue weighted by Crippen LogP contribution is -2.06. The molecule has 0 radical (unpaired) electrons. The number of nitrogens with zero attached hydrogens (tertiary/aromatic N) is 4. The van der Waals surface area contributed by atoms with Crippen LogP contribution in [0, 0.1) is 5.82 Å². The fraction of sp³-hybridized carbons (Fsp3) is 0.417. The zero-order valence-electron chi connectivity index (χ0n) is 10.7. The molecule has 0 bridgehead atoms. The first-order valence-electron chi connectivity index (χ1n) is 6.06. The first-order valence-corrected chi connectivity index (χ1v) is 6.06. The highest BCUT2D eigenvalue weighted by atomic mass is 19.1. The molecule has 6 nitrogen and oxygen atoms in total. The van der Waals surface area contributed by atoms with Crippen LogP contribution in [0.2, 0.25) is 0 Å². The Hall–Kier alpha value is -2.02. The highest BCUT2D eigenvalue weighted by molar-refractivity contribution is 5.57. The molecule has 0 saturated carbocycles. The van der Waals surface area contributed by atoms with Crippen LogP contribution < -0.4 is 10.5 Å². The van der Waals surface area contributed by atoms with Crippen molar-refractivity contribution in [3.63, 3.8) is 0 Å². The Morgan fingerprint density at radius 2 is 2.21 bits per heavy atom. The average molecular weight is 265 g/mol. The van der Waals surface area contributed by atoms with Crippen molar-refractivity contribution in [3.05, 3.63) is 24.0 Å². The number of aromatic nitrogens is 4. The van der Waals surface area contributed by atoms with Crippen LogP contribution in [0.5, 0.6) is 5.75 Å². The van der Waals surface area contributed by atoms with E-state index in [2.05, 4.69) is 15.5 Å². The fourth-order valence-electron chi connectivity index (χ4n) is 1.76. The number of aryl methyl sites for hydroxylation is 1. The van der Waals surface area contributed by atoms with E-state index in [1.54, 1.807) is 16.8 Å². The third-order valence-electron chi connectivity index (χ3n) is 2.77. The van der Waals surface area contributed by atoms with E-state index >= 15 is 0 Å². The second kappa shape index (κ2) is 6.24. The Balaban J connectivity index is 2.24. The molecule has 0 atom stereocenters. The fourth-order valence-corrected chi connectivity index (χ4v) is 1.76. The summed E-state index contributed by atoms with van der Waals surface area (Å²) in [5.74, 6) is 0.467. The molecule has 0 saturated heterocycles. The standard InChI is InChI=1S/C12H16FN5O/c1-19-9-4-5-10(11(13)8-9)12-15-16-17-18(12)7-3-2-6-14/h4-5,8H,2-3,6-7,14H2,1H3. The third-order valence-corrected chi connectivity index (χ3v) is 2.77. The SMILES string of the molecule is COc1ccc(-c2nnnn2CCCCN)c(F)c1. The molecule has 0 spiro atoms. The van der Waals surface area contributed by atoms with E-state index in [-0.39, 0.29) is 0 Å². The lowest BCUT2D eigenvalue weighted by molar-refractivity contribution is 0.411. The van der Waals surface area contributed by atoms with Crippen molar-refractivity contribution in [2.75, 3.05) is 13.7 Å². The smallest absolute Gasteiger partial charge is 0.184 e. The van der Waals surface area contributed by atoms with Crippen LogP contribution in [0.1, 0.15) is 12.8 Å². The van der Waals surface area contributed by atoms with Gasteiger partial charge in [-0.1, -0.05) is 0 Å². The first kappa shape index (κ1) is 13.4. The number of benzene rings is 1. The van der Waals surface area contributed by atoms with E-state index in [1.807, 2.05) is 0 Å². The van der Waals surface area contributed by atoms with Crippen molar-refractivity contribution in [1.82, 2.24) is 20.2 Å². The quantitative estimate of drug-likeness (QED) is 0.795. The minimum Gasteiger partial charge on any atom is -0.497 e. The number of methoxy groups -OCH3 is 1. The van der Waals surface area contributed by atoms with Gasteiger partial charge in [0.1, 0.15) is 11.6 Å². The second-order valence-corrected chi connectivity index (χ2v) is 4.07. The van der Waals surface area contributed by atoms with E-state index in [4.69, 9.17) is 10.5 Å². The summed E-state index contributed by atoms with van der Waals surface area (Å²) in [6.45, 7) is 1.24. The normalized spacial score (nSPS) is 10.7. The Bertz CT molecular complexity index is 543. The predicted octanol–water partition coefficient (Wildman–Crippen LogP) is 1.23. The van der Waals surface area contributed by atoms with Crippen LogP contribution in [0.4, 0.5) is 4.39 Å². The maximum absolute atomic E-state index is 14.0. The van der Waals surface area contributed by atoms with Crippen molar-refractivity contribution in [3.8, 4) is 17.1 Å². The average Bonchev–Trinajstić information content (AvgIpc) is 2.87. The molecule has 0 aliphatic heterocycles. The molecule has 7 heteroatoms. The molecule has 0 fully saturated rings. The van der Waals surface area contributed by atoms with Crippen LogP contribution >= 0.6 is 0 Å². The summed E-state index contributed by atoms with van der Waals surface area (Å²) in [5.41, 5.74) is 5.80. The zero-order valence-corrected chi connectivity index (χ0v) is 10.7. The molecule has 1 aromatic carbocycles. The molecule has 0 unspecified atom stereocenters. The lowest BCUT2D eigenvalue weighted by Gasteiger charge is -2.06. The molecule has 102 valence electrons. The van der Waals surface area contributed by atoms with Crippen LogP contribution in [-0.2, 0) is 6.54 Å². The summed E-state index contributed by atoms with van der Waals surface area (Å²) in [6.07, 6.45) is 1.73. The number of hydrogen-bond acceptors (Lipinski definition) is 5. The van der Waals surface area contributed by atoms with Crippen LogP contribution in [0.15, 0.2) is 18.2 Å². The van der Waals surface area contributed by atoms with Gasteiger partial charge in [0.2, 0.25) is 0 Å². The van der Waals surface area contributed by atoms with Gasteiger partial charge in [0.05, 0.1) is 12.7 Å². The monoisotopic (exact) mass is 265 g/mol. The summed E-state index contributed by atoms with van der Waals surface area (Å²) in [7, 11) is 1.49. The Kier molecular flexibility index (Phi) is 4.40. The number of unbranched alkanes of at least 4 members (excludes halogenated alkanes) is 1. The molecular weight excluding hydrogens is 249 g/mol. The highest BCUT2D eigenvalue weighted by Gasteiger charge is 2.13. The molecule has 0 amide bonds. The predicted molar refractivity (Wildman–Crippen MR) is 68.1 cm³/mol. The van der Waals surface area contributed by atoms with Gasteiger partial charge in [-0.05, 0) is 41.9 Å². The molecule has 2 aromatic rings. The topological polar surface area (TPSA) is 78.9 Å². The van der Waals surface area contributed by atoms with Crippen molar-refractivity contribution in [2.24, 2.45) is 5.73 Å². The van der Waals surface area contributed by atoms with Gasteiger partial charge < -0.3 is 10.5 Å². The number of halogens is 1. The largest absolute Gasteiger partial charge is 0.497 e. The third kappa shape index (κ3) is 3.05. The van der Waals surface area contributed by atoms with Crippen molar-refractivity contribution >= 4 is 0 Å². The lowest BCUT2D eigenvalue weighted by atomic mass is 10.2. The summed E-state index contributed by atoms with van der Waals surface area (Å²) in [5, 5.41) is 11.3. The Morgan fingerprint density at radius 3 is 2.89 bits per heavy atom. The molecule has 1 heterocycles. The van der Waals surface area contributed by atoms with Gasteiger partial charge in [0.15, 0.2) is 5.82 Å². The molecular formula is C12H16FN5O. The van der Waals surface area contributed by atoms with Crippen LogP contribution in [0.25, 0.3) is 11.4 Å². The Morgan fingerprint density at radius 1 is 1.37 bits per heavy atom. The van der Waals surface area contributed by atoms with E-state index in [0.717, 1.165) is 12.8 Å². The highest BCUT2D eigenvalue weighted by Crippen LogP contribution is 2.24. The summed E-state index contributed by atoms with van der Waals surface area (Å²) in [6, 6.07) is 4.60. The number of nitrogens with two attached hydrogens (primary N) is 1. The van der Waals surface area contributed by atoms with E-state index in [9.17, 15) is 4.39 Å². The van der Waals surface area contributed by atoms with E-state index in [1.165, 1.54) is 13.2 Å². The molecule has 0 aliphatic carbocycles. The van der Waals surface area contributed by atoms with Crippen LogP contribution in [0.3, 0.4) is 0 Å². The van der Waals surface area contributed by atoms with Gasteiger partial charge in [0.25, 0.3) is 0 Å². The maximum atomic E-state index is 14.0. The van der Waals surface area contributed by atoms with Gasteiger partial charge >= 0.3 is 0 Å². The van der Waals surface area contributed by atoms with Crippen LogP contribution in [-0.4, -0.2) is 33.9 Å². The van der Waals surface area contributed by atoms with Gasteiger partial charge in [-0.3, -0.25) is 0 Å². The number of tetrazole rings is 1. The van der Waals surface area contributed by atoms with Gasteiger partial charge in [-0.15, -0.1) is 5.10 Å². The molecule has 2 N–H and O–H groups in total. The first-order chi connectivity index (χ1) is 9.26. The molecule has 0 aliphatic rings. The Labute approximate surface area is 110 Å². The maximum Gasteiger partial charge on any atom is 0.184 e. The minimum absolute atomic E-state index is 0.360. The number of hydrogen-bond donors (Lipinski definition) is 1. The summed E-state index contributed by atoms with van der Waals surface area (Å²) < 4.78 is 20.5. The van der Waals surface area contributed by atoms with Crippen molar-refractivity contribution in [1.29, 1.82) is 0 Å². The van der Waals surface area contributed by atoms with Crippen molar-refractivity contribution < 1.29 is 9.13 Å². The van der Waals surface area contributed by atoms with Gasteiger partial charge in [0, 0.05) is 12.6 Å². The number of ether oxygens (including phenoxy) is 1. The van der Waals surface area contributed by atoms with Gasteiger partial charge in [-0.25, -0.2) is 9.07 Å². The van der Waals surface area contributed by atoms with Gasteiger partial charge in [-0.2, -0.15) is 0 Å². The summed E-state index contributed by atoms with van der Waals surface area (Å²) in [4.78, 5) is 0. The molecule has 19 heavy (non-hydrogen) atoms. The van der Waals surface area contributed by atoms with E-state index < -0.39 is 5.82 Å². The zero-order chi connectivity index (χ0) is 13.7. The minimum atomic E-state index is -0.408. The summed E-state index contributed by atoms with van der Waals surface area (Å²) >= 11 is 0. The molecule has 2 rings (SSSR count). The molecule has 1 aromatic heterocycles.